The van der Waals surface area contributed by atoms with E-state index < -0.39 is 5.97 Å². The number of carbonyl (C=O) groups is 1. The minimum absolute atomic E-state index is 0.414. The fraction of sp³-hybridized carbons (Fsp3) is 0.278. The highest BCUT2D eigenvalue weighted by atomic mass is 79.9. The Bertz CT molecular complexity index is 693. The topological polar surface area (TPSA) is 35.5 Å². The van der Waals surface area contributed by atoms with Gasteiger partial charge in [-0.05, 0) is 70.2 Å². The van der Waals surface area contributed by atoms with Crippen molar-refractivity contribution in [2.24, 2.45) is 0 Å². The zero-order valence-electron chi connectivity index (χ0n) is 13.1. The number of methoxy groups -OCH3 is 1. The quantitative estimate of drug-likeness (QED) is 0.559. The second kappa shape index (κ2) is 6.97. The predicted molar refractivity (Wildman–Crippen MR) is 90.9 cm³/mol. The van der Waals surface area contributed by atoms with E-state index in [1.807, 2.05) is 25.1 Å². The second-order valence-electron chi connectivity index (χ2n) is 5.41. The van der Waals surface area contributed by atoms with Gasteiger partial charge in [-0.3, -0.25) is 0 Å². The lowest BCUT2D eigenvalue weighted by atomic mass is 9.98. The van der Waals surface area contributed by atoms with E-state index in [1.165, 1.54) is 5.56 Å². The highest BCUT2D eigenvalue weighted by molar-refractivity contribution is 9.10. The Balaban J connectivity index is 2.24. The van der Waals surface area contributed by atoms with Crippen molar-refractivity contribution in [3.63, 3.8) is 0 Å². The van der Waals surface area contributed by atoms with E-state index in [0.717, 1.165) is 5.56 Å². The molecule has 0 aliphatic heterocycles. The average Bonchev–Trinajstić information content (AvgIpc) is 2.47. The van der Waals surface area contributed by atoms with Crippen molar-refractivity contribution in [1.29, 1.82) is 0 Å². The van der Waals surface area contributed by atoms with Gasteiger partial charge in [0.15, 0.2) is 0 Å². The van der Waals surface area contributed by atoms with Crippen LogP contribution in [0.4, 0.5) is 0 Å². The van der Waals surface area contributed by atoms with Gasteiger partial charge >= 0.3 is 5.97 Å². The molecule has 0 heterocycles. The van der Waals surface area contributed by atoms with Crippen molar-refractivity contribution in [3.05, 3.63) is 57.6 Å². The van der Waals surface area contributed by atoms with Crippen molar-refractivity contribution in [2.45, 2.75) is 26.7 Å². The van der Waals surface area contributed by atoms with Gasteiger partial charge in [-0.1, -0.05) is 19.9 Å². The Hall–Kier alpha value is -1.81. The fourth-order valence-electron chi connectivity index (χ4n) is 2.31. The standard InChI is InChI=1S/C18H19BrO3/c1-11(2)15-7-5-14(9-12(15)3)22-18(20)16-10-13(21-4)6-8-17(16)19/h5-11H,1-4H3. The van der Waals surface area contributed by atoms with Gasteiger partial charge in [-0.2, -0.15) is 0 Å². The smallest absolute Gasteiger partial charge is 0.344 e. The number of hydrogen-bond donors (Lipinski definition) is 0. The van der Waals surface area contributed by atoms with Crippen LogP contribution in [0.2, 0.25) is 0 Å². The molecule has 0 N–H and O–H groups in total. The van der Waals surface area contributed by atoms with Gasteiger partial charge < -0.3 is 9.47 Å². The molecular weight excluding hydrogens is 344 g/mol. The first kappa shape index (κ1) is 16.6. The van der Waals surface area contributed by atoms with Crippen LogP contribution >= 0.6 is 15.9 Å². The summed E-state index contributed by atoms with van der Waals surface area (Å²) in [5.41, 5.74) is 2.80. The minimum atomic E-state index is -0.414. The molecule has 0 radical (unpaired) electrons. The molecule has 0 aliphatic rings. The van der Waals surface area contributed by atoms with Crippen LogP contribution in [0.1, 0.15) is 41.3 Å². The number of aryl methyl sites for hydroxylation is 1. The van der Waals surface area contributed by atoms with Crippen LogP contribution in [0.3, 0.4) is 0 Å². The van der Waals surface area contributed by atoms with Crippen LogP contribution in [0.25, 0.3) is 0 Å². The van der Waals surface area contributed by atoms with Crippen LogP contribution in [0.5, 0.6) is 11.5 Å². The van der Waals surface area contributed by atoms with E-state index >= 15 is 0 Å². The third-order valence-electron chi connectivity index (χ3n) is 3.47. The maximum absolute atomic E-state index is 12.3. The van der Waals surface area contributed by atoms with Crippen LogP contribution in [0, 0.1) is 6.92 Å². The van der Waals surface area contributed by atoms with Gasteiger partial charge in [0, 0.05) is 4.47 Å². The number of carbonyl (C=O) groups excluding carboxylic acids is 1. The Morgan fingerprint density at radius 2 is 1.77 bits per heavy atom. The summed E-state index contributed by atoms with van der Waals surface area (Å²) in [6.45, 7) is 6.30. The molecule has 3 nitrogen and oxygen atoms in total. The van der Waals surface area contributed by atoms with Gasteiger partial charge in [-0.15, -0.1) is 0 Å². The molecule has 4 heteroatoms. The van der Waals surface area contributed by atoms with Gasteiger partial charge in [0.25, 0.3) is 0 Å². The number of esters is 1. The lowest BCUT2D eigenvalue weighted by Gasteiger charge is -2.12. The summed E-state index contributed by atoms with van der Waals surface area (Å²) in [4.78, 5) is 12.3. The van der Waals surface area contributed by atoms with E-state index in [1.54, 1.807) is 25.3 Å². The van der Waals surface area contributed by atoms with Gasteiger partial charge in [0.1, 0.15) is 11.5 Å². The highest BCUT2D eigenvalue weighted by Crippen LogP contribution is 2.26. The molecule has 2 rings (SSSR count). The molecule has 0 amide bonds. The third kappa shape index (κ3) is 3.69. The van der Waals surface area contributed by atoms with Crippen LogP contribution < -0.4 is 9.47 Å². The molecule has 0 saturated heterocycles. The largest absolute Gasteiger partial charge is 0.497 e. The van der Waals surface area contributed by atoms with E-state index in [4.69, 9.17) is 9.47 Å². The summed E-state index contributed by atoms with van der Waals surface area (Å²) in [7, 11) is 1.56. The molecule has 0 fully saturated rings. The minimum Gasteiger partial charge on any atom is -0.497 e. The maximum Gasteiger partial charge on any atom is 0.344 e. The molecule has 22 heavy (non-hydrogen) atoms. The number of halogens is 1. The van der Waals surface area contributed by atoms with Crippen molar-refractivity contribution in [2.75, 3.05) is 7.11 Å². The molecule has 0 atom stereocenters. The van der Waals surface area contributed by atoms with Crippen LogP contribution in [-0.2, 0) is 0 Å². The zero-order valence-corrected chi connectivity index (χ0v) is 14.7. The third-order valence-corrected chi connectivity index (χ3v) is 4.16. The lowest BCUT2D eigenvalue weighted by molar-refractivity contribution is 0.0733. The summed E-state index contributed by atoms with van der Waals surface area (Å²) in [6, 6.07) is 10.9. The molecule has 2 aromatic carbocycles. The molecule has 0 bridgehead atoms. The number of rotatable bonds is 4. The average molecular weight is 363 g/mol. The molecular formula is C18H19BrO3. The SMILES string of the molecule is COc1ccc(Br)c(C(=O)Oc2ccc(C(C)C)c(C)c2)c1. The van der Waals surface area contributed by atoms with Crippen molar-refractivity contribution >= 4 is 21.9 Å². The fourth-order valence-corrected chi connectivity index (χ4v) is 2.72. The normalized spacial score (nSPS) is 10.6. The Morgan fingerprint density at radius 1 is 1.09 bits per heavy atom. The van der Waals surface area contributed by atoms with E-state index in [2.05, 4.69) is 29.8 Å². The number of hydrogen-bond acceptors (Lipinski definition) is 3. The maximum atomic E-state index is 12.3. The van der Waals surface area contributed by atoms with E-state index in [9.17, 15) is 4.79 Å². The Labute approximate surface area is 139 Å². The number of benzene rings is 2. The molecule has 2 aromatic rings. The van der Waals surface area contributed by atoms with Crippen molar-refractivity contribution in [3.8, 4) is 11.5 Å². The summed E-state index contributed by atoms with van der Waals surface area (Å²) >= 11 is 3.36. The molecule has 116 valence electrons. The molecule has 0 unspecified atom stereocenters. The highest BCUT2D eigenvalue weighted by Gasteiger charge is 2.15. The van der Waals surface area contributed by atoms with Crippen LogP contribution in [0.15, 0.2) is 40.9 Å². The molecule has 0 aliphatic carbocycles. The molecule has 0 aromatic heterocycles. The monoisotopic (exact) mass is 362 g/mol. The van der Waals surface area contributed by atoms with E-state index in [-0.39, 0.29) is 0 Å². The lowest BCUT2D eigenvalue weighted by Crippen LogP contribution is -2.10. The summed E-state index contributed by atoms with van der Waals surface area (Å²) in [5.74, 6) is 1.18. The summed E-state index contributed by atoms with van der Waals surface area (Å²) in [6.07, 6.45) is 0. The molecule has 0 saturated carbocycles. The van der Waals surface area contributed by atoms with Crippen molar-refractivity contribution < 1.29 is 14.3 Å². The first-order valence-electron chi connectivity index (χ1n) is 7.08. The van der Waals surface area contributed by atoms with Gasteiger partial charge in [0.05, 0.1) is 12.7 Å². The first-order chi connectivity index (χ1) is 10.4. The van der Waals surface area contributed by atoms with Gasteiger partial charge in [0.2, 0.25) is 0 Å². The number of ether oxygens (including phenoxy) is 2. The summed E-state index contributed by atoms with van der Waals surface area (Å²) in [5, 5.41) is 0. The second-order valence-corrected chi connectivity index (χ2v) is 6.26. The predicted octanol–water partition coefficient (Wildman–Crippen LogP) is 5.11. The zero-order chi connectivity index (χ0) is 16.3. The van der Waals surface area contributed by atoms with Gasteiger partial charge in [-0.25, -0.2) is 4.79 Å². The Kier molecular flexibility index (Phi) is 5.24. The summed E-state index contributed by atoms with van der Waals surface area (Å²) < 4.78 is 11.3. The van der Waals surface area contributed by atoms with Crippen molar-refractivity contribution in [1.82, 2.24) is 0 Å². The van der Waals surface area contributed by atoms with Crippen LogP contribution in [-0.4, -0.2) is 13.1 Å². The van der Waals surface area contributed by atoms with E-state index in [0.29, 0.717) is 27.5 Å². The molecule has 0 spiro atoms. The first-order valence-corrected chi connectivity index (χ1v) is 7.88. The Morgan fingerprint density at radius 3 is 2.36 bits per heavy atom.